The van der Waals surface area contributed by atoms with Gasteiger partial charge in [-0.2, -0.15) is 0 Å². The zero-order chi connectivity index (χ0) is 8.53. The molecule has 0 aliphatic heterocycles. The minimum absolute atomic E-state index is 0.326. The molecule has 0 saturated carbocycles. The number of hydrogen-bond acceptors (Lipinski definition) is 2. The monoisotopic (exact) mass is 162 g/mol. The highest BCUT2D eigenvalue weighted by molar-refractivity contribution is 5.57. The molecule has 64 valence electrons. The van der Waals surface area contributed by atoms with E-state index in [2.05, 4.69) is 4.74 Å². The molecule has 0 atom stereocenters. The molecule has 0 rings (SSSR count). The third kappa shape index (κ3) is 8.94. The molecule has 0 aromatic carbocycles. The molecule has 3 nitrogen and oxygen atoms in total. The maximum atomic E-state index is 11.5. The van der Waals surface area contributed by atoms with E-state index >= 15 is 0 Å². The summed E-state index contributed by atoms with van der Waals surface area (Å²) in [6, 6.07) is 0. The lowest BCUT2D eigenvalue weighted by Crippen LogP contribution is -1.91. The van der Waals surface area contributed by atoms with E-state index in [0.717, 1.165) is 12.7 Å². The second-order valence-electron chi connectivity index (χ2n) is 1.94. The summed E-state index contributed by atoms with van der Waals surface area (Å²) in [4.78, 5) is 9.75. The topological polar surface area (TPSA) is 46.5 Å². The molecule has 11 heavy (non-hydrogen) atoms. The van der Waals surface area contributed by atoms with Gasteiger partial charge in [0.2, 0.25) is 0 Å². The highest BCUT2D eigenvalue weighted by atomic mass is 19.1. The van der Waals surface area contributed by atoms with Crippen molar-refractivity contribution in [2.24, 2.45) is 0 Å². The lowest BCUT2D eigenvalue weighted by atomic mass is 10.2. The summed E-state index contributed by atoms with van der Waals surface area (Å²) in [5.41, 5.74) is 0. The molecule has 1 N–H and O–H groups in total. The summed E-state index contributed by atoms with van der Waals surface area (Å²) in [6.07, 6.45) is 3.21. The molecule has 0 fully saturated rings. The van der Waals surface area contributed by atoms with Crippen molar-refractivity contribution in [1.82, 2.24) is 0 Å². The lowest BCUT2D eigenvalue weighted by molar-refractivity contribution is 0.128. The van der Waals surface area contributed by atoms with E-state index in [1.165, 1.54) is 0 Å². The molecule has 0 radical (unpaired) electrons. The van der Waals surface area contributed by atoms with Gasteiger partial charge < -0.3 is 9.84 Å². The van der Waals surface area contributed by atoms with Crippen LogP contribution in [0.5, 0.6) is 0 Å². The fourth-order valence-corrected chi connectivity index (χ4v) is 0.531. The highest BCUT2D eigenvalue weighted by Crippen LogP contribution is 1.96. The number of hydrogen-bond donors (Lipinski definition) is 1. The standard InChI is InChI=1S/C7H11FO3/c8-5-3-1-2-4-6-11-7(9)10/h4,6H,1-3,5H2,(H,9,10). The molecule has 0 unspecified atom stereocenters. The maximum Gasteiger partial charge on any atom is 0.510 e. The van der Waals surface area contributed by atoms with Crippen molar-refractivity contribution < 1.29 is 19.0 Å². The van der Waals surface area contributed by atoms with Crippen molar-refractivity contribution in [1.29, 1.82) is 0 Å². The van der Waals surface area contributed by atoms with E-state index in [0.29, 0.717) is 12.8 Å². The van der Waals surface area contributed by atoms with Crippen LogP contribution in [0.2, 0.25) is 0 Å². The normalized spacial score (nSPS) is 10.3. The van der Waals surface area contributed by atoms with E-state index in [-0.39, 0.29) is 6.67 Å². The van der Waals surface area contributed by atoms with Crippen molar-refractivity contribution in [3.8, 4) is 0 Å². The molecular formula is C7H11FO3. The summed E-state index contributed by atoms with van der Waals surface area (Å²) in [5, 5.41) is 7.98. The number of unbranched alkanes of at least 4 members (excludes halogenated alkanes) is 2. The summed E-state index contributed by atoms with van der Waals surface area (Å²) in [5.74, 6) is 0. The largest absolute Gasteiger partial charge is 0.510 e. The molecule has 0 spiro atoms. The first-order chi connectivity index (χ1) is 5.27. The molecule has 0 aliphatic rings. The van der Waals surface area contributed by atoms with Crippen LogP contribution >= 0.6 is 0 Å². The SMILES string of the molecule is O=C(O)OC=CCCCCF. The van der Waals surface area contributed by atoms with Crippen LogP contribution in [0.4, 0.5) is 9.18 Å². The van der Waals surface area contributed by atoms with Crippen LogP contribution in [0, 0.1) is 0 Å². The Morgan fingerprint density at radius 1 is 1.55 bits per heavy atom. The number of halogens is 1. The van der Waals surface area contributed by atoms with Gasteiger partial charge >= 0.3 is 6.16 Å². The summed E-state index contributed by atoms with van der Waals surface area (Å²) in [6.45, 7) is -0.326. The Bertz CT molecular complexity index is 134. The van der Waals surface area contributed by atoms with Gasteiger partial charge in [-0.05, 0) is 25.3 Å². The molecule has 0 aromatic heterocycles. The minimum atomic E-state index is -1.33. The van der Waals surface area contributed by atoms with Crippen molar-refractivity contribution in [3.05, 3.63) is 12.3 Å². The molecule has 0 heterocycles. The zero-order valence-corrected chi connectivity index (χ0v) is 6.12. The van der Waals surface area contributed by atoms with Crippen LogP contribution in [-0.2, 0) is 4.74 Å². The Labute approximate surface area is 64.5 Å². The third-order valence-corrected chi connectivity index (χ3v) is 1.02. The van der Waals surface area contributed by atoms with Crippen molar-refractivity contribution in [3.63, 3.8) is 0 Å². The molecule has 0 saturated heterocycles. The van der Waals surface area contributed by atoms with Crippen LogP contribution in [0.3, 0.4) is 0 Å². The highest BCUT2D eigenvalue weighted by Gasteiger charge is 1.88. The molecule has 4 heteroatoms. The Morgan fingerprint density at radius 2 is 2.27 bits per heavy atom. The fraction of sp³-hybridized carbons (Fsp3) is 0.571. The van der Waals surface area contributed by atoms with Gasteiger partial charge in [-0.1, -0.05) is 0 Å². The van der Waals surface area contributed by atoms with Gasteiger partial charge in [0.1, 0.15) is 0 Å². The van der Waals surface area contributed by atoms with Gasteiger partial charge in [-0.15, -0.1) is 0 Å². The Kier molecular flexibility index (Phi) is 6.37. The van der Waals surface area contributed by atoms with Gasteiger partial charge in [0.05, 0.1) is 12.9 Å². The lowest BCUT2D eigenvalue weighted by Gasteiger charge is -1.90. The second kappa shape index (κ2) is 7.05. The zero-order valence-electron chi connectivity index (χ0n) is 6.12. The van der Waals surface area contributed by atoms with E-state index in [4.69, 9.17) is 5.11 Å². The number of carboxylic acid groups (broad SMARTS) is 1. The van der Waals surface area contributed by atoms with E-state index in [9.17, 15) is 9.18 Å². The van der Waals surface area contributed by atoms with Gasteiger partial charge in [-0.3, -0.25) is 4.39 Å². The number of carbonyl (C=O) groups is 1. The van der Waals surface area contributed by atoms with Crippen LogP contribution in [-0.4, -0.2) is 17.9 Å². The average Bonchev–Trinajstić information content (AvgIpc) is 1.96. The predicted octanol–water partition coefficient (Wildman–Crippen LogP) is 2.33. The van der Waals surface area contributed by atoms with Crippen molar-refractivity contribution in [2.75, 3.05) is 6.67 Å². The Balaban J connectivity index is 3.10. The minimum Gasteiger partial charge on any atom is -0.449 e. The first-order valence-electron chi connectivity index (χ1n) is 3.38. The number of ether oxygens (including phenoxy) is 1. The summed E-state index contributed by atoms with van der Waals surface area (Å²) >= 11 is 0. The van der Waals surface area contributed by atoms with E-state index in [1.54, 1.807) is 6.08 Å². The van der Waals surface area contributed by atoms with Crippen molar-refractivity contribution >= 4 is 6.16 Å². The quantitative estimate of drug-likeness (QED) is 0.383. The van der Waals surface area contributed by atoms with Crippen LogP contribution in [0.15, 0.2) is 12.3 Å². The fourth-order valence-electron chi connectivity index (χ4n) is 0.531. The third-order valence-electron chi connectivity index (χ3n) is 1.02. The van der Waals surface area contributed by atoms with Crippen LogP contribution < -0.4 is 0 Å². The van der Waals surface area contributed by atoms with Gasteiger partial charge in [0.15, 0.2) is 0 Å². The average molecular weight is 162 g/mol. The predicted molar refractivity (Wildman–Crippen MR) is 38.1 cm³/mol. The second-order valence-corrected chi connectivity index (χ2v) is 1.94. The van der Waals surface area contributed by atoms with Crippen LogP contribution in [0.1, 0.15) is 19.3 Å². The molecular weight excluding hydrogens is 151 g/mol. The Morgan fingerprint density at radius 3 is 2.82 bits per heavy atom. The number of alkyl halides is 1. The Hall–Kier alpha value is -1.06. The molecule has 0 amide bonds. The smallest absolute Gasteiger partial charge is 0.449 e. The molecule has 0 aliphatic carbocycles. The maximum absolute atomic E-state index is 11.5. The van der Waals surface area contributed by atoms with Gasteiger partial charge in [0, 0.05) is 0 Å². The number of allylic oxidation sites excluding steroid dienone is 1. The summed E-state index contributed by atoms with van der Waals surface area (Å²) < 4.78 is 15.5. The van der Waals surface area contributed by atoms with E-state index in [1.807, 2.05) is 0 Å². The molecule has 0 bridgehead atoms. The van der Waals surface area contributed by atoms with Crippen molar-refractivity contribution in [2.45, 2.75) is 19.3 Å². The first kappa shape index (κ1) is 9.94. The molecule has 0 aromatic rings. The first-order valence-corrected chi connectivity index (χ1v) is 3.38. The van der Waals surface area contributed by atoms with E-state index < -0.39 is 6.16 Å². The number of rotatable bonds is 5. The summed E-state index contributed by atoms with van der Waals surface area (Å²) in [7, 11) is 0. The van der Waals surface area contributed by atoms with Crippen LogP contribution in [0.25, 0.3) is 0 Å². The van der Waals surface area contributed by atoms with Gasteiger partial charge in [-0.25, -0.2) is 4.79 Å². The van der Waals surface area contributed by atoms with Gasteiger partial charge in [0.25, 0.3) is 0 Å².